The molecule has 0 spiro atoms. The molecule has 4 N–H and O–H groups in total. The fourth-order valence-corrected chi connectivity index (χ4v) is 2.09. The van der Waals surface area contributed by atoms with Crippen LogP contribution in [-0.4, -0.2) is 40.9 Å². The largest absolute Gasteiger partial charge is 0.405 e. The lowest BCUT2D eigenvalue weighted by atomic mass is 10.1. The third-order valence-corrected chi connectivity index (χ3v) is 3.52. The van der Waals surface area contributed by atoms with Gasteiger partial charge >= 0.3 is 6.18 Å². The normalized spacial score (nSPS) is 12.4. The second-order valence-electron chi connectivity index (χ2n) is 5.40. The predicted molar refractivity (Wildman–Crippen MR) is 110 cm³/mol. The molecule has 0 saturated carbocycles. The molecule has 0 heterocycles. The van der Waals surface area contributed by atoms with Crippen LogP contribution in [0.25, 0.3) is 0 Å². The minimum absolute atomic E-state index is 0.249. The van der Waals surface area contributed by atoms with Crippen LogP contribution in [0.4, 0.5) is 13.2 Å². The van der Waals surface area contributed by atoms with E-state index in [2.05, 4.69) is 26.4 Å². The Morgan fingerprint density at radius 3 is 2.11 bits per heavy atom. The maximum absolute atomic E-state index is 12.3. The number of hydrogen-bond donors (Lipinski definition) is 4. The number of alkyl halides is 3. The van der Waals surface area contributed by atoms with Crippen molar-refractivity contribution in [1.82, 2.24) is 21.5 Å². The average Bonchev–Trinajstić information content (AvgIpc) is 2.59. The van der Waals surface area contributed by atoms with Crippen LogP contribution in [-0.2, 0) is 0 Å². The summed E-state index contributed by atoms with van der Waals surface area (Å²) in [7, 11) is 0. The molecule has 0 aliphatic heterocycles. The number of hydrogen-bond acceptors (Lipinski definition) is 4. The molecular formula is C16H21F3N6S2. The Hall–Kier alpha value is -2.27. The Kier molecular flexibility index (Phi) is 9.09. The second kappa shape index (κ2) is 10.8. The molecule has 0 saturated heterocycles. The van der Waals surface area contributed by atoms with Crippen LogP contribution in [0.1, 0.15) is 25.0 Å². The third kappa shape index (κ3) is 9.29. The maximum atomic E-state index is 12.3. The molecule has 6 nitrogen and oxygen atoms in total. The van der Waals surface area contributed by atoms with Crippen molar-refractivity contribution in [1.29, 1.82) is 0 Å². The summed E-state index contributed by atoms with van der Waals surface area (Å²) < 4.78 is 36.8. The van der Waals surface area contributed by atoms with E-state index in [1.807, 2.05) is 43.4 Å². The molecule has 148 valence electrons. The van der Waals surface area contributed by atoms with Crippen molar-refractivity contribution in [2.45, 2.75) is 26.9 Å². The number of thiocarbonyl (C=S) groups is 2. The van der Waals surface area contributed by atoms with Gasteiger partial charge < -0.3 is 10.6 Å². The zero-order valence-electron chi connectivity index (χ0n) is 15.1. The molecule has 11 heteroatoms. The molecule has 0 amide bonds. The molecule has 0 aliphatic carbocycles. The molecule has 0 bridgehead atoms. The quantitative estimate of drug-likeness (QED) is 0.323. The second-order valence-corrected chi connectivity index (χ2v) is 6.22. The molecule has 1 aromatic carbocycles. The zero-order valence-corrected chi connectivity index (χ0v) is 16.7. The van der Waals surface area contributed by atoms with Crippen molar-refractivity contribution >= 4 is 46.1 Å². The summed E-state index contributed by atoms with van der Waals surface area (Å²) in [6, 6.07) is 7.41. The van der Waals surface area contributed by atoms with Gasteiger partial charge in [0.25, 0.3) is 0 Å². The summed E-state index contributed by atoms with van der Waals surface area (Å²) in [5.41, 5.74) is 7.72. The first-order chi connectivity index (χ1) is 12.6. The van der Waals surface area contributed by atoms with Crippen molar-refractivity contribution in [2.24, 2.45) is 10.2 Å². The van der Waals surface area contributed by atoms with Gasteiger partial charge in [0.05, 0.1) is 5.71 Å². The van der Waals surface area contributed by atoms with E-state index in [0.29, 0.717) is 28.6 Å². The van der Waals surface area contributed by atoms with Gasteiger partial charge in [-0.05, 0) is 45.2 Å². The first-order valence-corrected chi connectivity index (χ1v) is 8.78. The van der Waals surface area contributed by atoms with E-state index >= 15 is 0 Å². The first kappa shape index (κ1) is 22.8. The Morgan fingerprint density at radius 1 is 1.00 bits per heavy atom. The molecule has 27 heavy (non-hydrogen) atoms. The number of benzene rings is 1. The molecule has 1 aromatic rings. The number of halogens is 3. The smallest absolute Gasteiger partial charge is 0.362 e. The lowest BCUT2D eigenvalue weighted by Crippen LogP contribution is -2.39. The number of nitrogens with one attached hydrogen (secondary N) is 4. The van der Waals surface area contributed by atoms with Crippen LogP contribution >= 0.6 is 24.4 Å². The lowest BCUT2D eigenvalue weighted by molar-refractivity contribution is -0.122. The average molecular weight is 419 g/mol. The Labute approximate surface area is 166 Å². The van der Waals surface area contributed by atoms with Crippen molar-refractivity contribution < 1.29 is 13.2 Å². The highest BCUT2D eigenvalue weighted by Crippen LogP contribution is 2.12. The van der Waals surface area contributed by atoms with Crippen LogP contribution in [0, 0.1) is 6.92 Å². The van der Waals surface area contributed by atoms with Gasteiger partial charge in [0, 0.05) is 12.1 Å². The molecule has 0 radical (unpaired) electrons. The standard InChI is InChI=1S/C16H21F3N6S2/c1-4-20-14(26)24-22-11(3)13(12-7-5-10(2)6-8-12)23-25-15(27)21-9-16(17,18)19/h5-8H,4,9H2,1-3H3,(H2,20,24,26)(H2,21,25,27). The van der Waals surface area contributed by atoms with E-state index < -0.39 is 12.7 Å². The predicted octanol–water partition coefficient (Wildman–Crippen LogP) is 2.59. The van der Waals surface area contributed by atoms with E-state index in [9.17, 15) is 13.2 Å². The van der Waals surface area contributed by atoms with Crippen LogP contribution in [0.5, 0.6) is 0 Å². The van der Waals surface area contributed by atoms with Gasteiger partial charge in [-0.3, -0.25) is 10.9 Å². The van der Waals surface area contributed by atoms with Crippen molar-refractivity contribution in [3.63, 3.8) is 0 Å². The van der Waals surface area contributed by atoms with Crippen molar-refractivity contribution in [3.8, 4) is 0 Å². The van der Waals surface area contributed by atoms with Gasteiger partial charge in [-0.2, -0.15) is 23.4 Å². The summed E-state index contributed by atoms with van der Waals surface area (Å²) in [6.45, 7) is 4.91. The zero-order chi connectivity index (χ0) is 20.4. The fraction of sp³-hybridized carbons (Fsp3) is 0.375. The molecule has 0 aliphatic rings. The summed E-state index contributed by atoms with van der Waals surface area (Å²) >= 11 is 9.87. The molecule has 0 atom stereocenters. The minimum Gasteiger partial charge on any atom is -0.362 e. The Balaban J connectivity index is 2.97. The summed E-state index contributed by atoms with van der Waals surface area (Å²) in [6.07, 6.45) is -4.38. The number of aryl methyl sites for hydroxylation is 1. The van der Waals surface area contributed by atoms with Crippen molar-refractivity contribution in [3.05, 3.63) is 35.4 Å². The lowest BCUT2D eigenvalue weighted by Gasteiger charge is -2.12. The molecule has 0 aromatic heterocycles. The van der Waals surface area contributed by atoms with Crippen LogP contribution in [0.2, 0.25) is 0 Å². The van der Waals surface area contributed by atoms with Gasteiger partial charge in [-0.1, -0.05) is 29.8 Å². The van der Waals surface area contributed by atoms with Gasteiger partial charge in [-0.25, -0.2) is 0 Å². The highest BCUT2D eigenvalue weighted by atomic mass is 32.1. The van der Waals surface area contributed by atoms with E-state index in [1.165, 1.54) is 0 Å². The summed E-state index contributed by atoms with van der Waals surface area (Å²) in [5, 5.41) is 13.3. The van der Waals surface area contributed by atoms with E-state index in [0.717, 1.165) is 5.56 Å². The van der Waals surface area contributed by atoms with Crippen LogP contribution in [0.15, 0.2) is 34.5 Å². The van der Waals surface area contributed by atoms with E-state index in [-0.39, 0.29) is 5.11 Å². The van der Waals surface area contributed by atoms with Gasteiger partial charge in [0.1, 0.15) is 12.3 Å². The molecular weight excluding hydrogens is 397 g/mol. The Morgan fingerprint density at radius 2 is 1.56 bits per heavy atom. The first-order valence-electron chi connectivity index (χ1n) is 7.96. The highest BCUT2D eigenvalue weighted by molar-refractivity contribution is 7.80. The Bertz CT molecular complexity index is 714. The van der Waals surface area contributed by atoms with Gasteiger partial charge in [0.2, 0.25) is 0 Å². The SMILES string of the molecule is CCNC(=S)NN=C(C)C(=NNC(=S)NCC(F)(F)F)c1ccc(C)cc1. The monoisotopic (exact) mass is 418 g/mol. The fourth-order valence-electron chi connectivity index (χ4n) is 1.78. The molecule has 1 rings (SSSR count). The molecule has 0 fully saturated rings. The third-order valence-electron chi connectivity index (χ3n) is 3.05. The number of nitrogens with zero attached hydrogens (tertiary/aromatic N) is 2. The number of rotatable bonds is 6. The topological polar surface area (TPSA) is 72.8 Å². The minimum atomic E-state index is -4.38. The van der Waals surface area contributed by atoms with Crippen LogP contribution in [0.3, 0.4) is 0 Å². The van der Waals surface area contributed by atoms with Crippen molar-refractivity contribution in [2.75, 3.05) is 13.1 Å². The maximum Gasteiger partial charge on any atom is 0.405 e. The highest BCUT2D eigenvalue weighted by Gasteiger charge is 2.27. The van der Waals surface area contributed by atoms with E-state index in [4.69, 9.17) is 24.4 Å². The number of hydrazone groups is 2. The van der Waals surface area contributed by atoms with Crippen LogP contribution < -0.4 is 21.5 Å². The molecule has 0 unspecified atom stereocenters. The summed E-state index contributed by atoms with van der Waals surface area (Å²) in [4.78, 5) is 0. The van der Waals surface area contributed by atoms with Gasteiger partial charge in [0.15, 0.2) is 10.2 Å². The summed E-state index contributed by atoms with van der Waals surface area (Å²) in [5.74, 6) is 0. The van der Waals surface area contributed by atoms with E-state index in [1.54, 1.807) is 6.92 Å². The van der Waals surface area contributed by atoms with Gasteiger partial charge in [-0.15, -0.1) is 0 Å².